The van der Waals surface area contributed by atoms with E-state index in [0.29, 0.717) is 17.9 Å². The monoisotopic (exact) mass is 770 g/mol. The van der Waals surface area contributed by atoms with E-state index in [2.05, 4.69) is 4.74 Å². The minimum absolute atomic E-state index is 0.103. The molecule has 2 aliphatic rings. The Morgan fingerprint density at radius 1 is 1.06 bits per heavy atom. The van der Waals surface area contributed by atoms with Crippen molar-refractivity contribution in [3.8, 4) is 11.1 Å². The van der Waals surface area contributed by atoms with Crippen LogP contribution in [0.1, 0.15) is 80.1 Å². The number of halogens is 5. The minimum Gasteiger partial charge on any atom is -0.384 e. The van der Waals surface area contributed by atoms with Crippen LogP contribution in [0, 0.1) is 11.6 Å². The molecule has 0 bridgehead atoms. The number of piperidine rings is 1. The fourth-order valence-electron chi connectivity index (χ4n) is 5.26. The van der Waals surface area contributed by atoms with Gasteiger partial charge in [0.15, 0.2) is 11.6 Å². The highest BCUT2D eigenvalue weighted by molar-refractivity contribution is 8.02. The molecule has 6 rings (SSSR count). The number of alkyl halides is 3. The minimum atomic E-state index is -4.72. The summed E-state index contributed by atoms with van der Waals surface area (Å²) in [7, 11) is -3.44. The summed E-state index contributed by atoms with van der Waals surface area (Å²) in [4.78, 5) is 14.9. The highest BCUT2D eigenvalue weighted by Gasteiger charge is 2.35. The zero-order valence-electron chi connectivity index (χ0n) is 46.4. The maximum atomic E-state index is 15.8. The number of aliphatic hydroxyl groups is 1. The van der Waals surface area contributed by atoms with Crippen molar-refractivity contribution in [2.75, 3.05) is 44.5 Å². The van der Waals surface area contributed by atoms with Crippen LogP contribution < -0.4 is 4.90 Å². The molecule has 0 saturated carbocycles. The molecule has 12 heteroatoms. The van der Waals surface area contributed by atoms with Gasteiger partial charge in [0, 0.05) is 71.5 Å². The van der Waals surface area contributed by atoms with Crippen molar-refractivity contribution in [1.29, 1.82) is 0 Å². The van der Waals surface area contributed by atoms with Crippen LogP contribution in [-0.4, -0.2) is 66.5 Å². The summed E-state index contributed by atoms with van der Waals surface area (Å²) in [5, 5.41) is 10.5. The summed E-state index contributed by atoms with van der Waals surface area (Å²) in [5.41, 5.74) is -6.13. The van der Waals surface area contributed by atoms with Gasteiger partial charge in [0.25, 0.3) is 0 Å². The zero-order chi connectivity index (χ0) is 54.6. The van der Waals surface area contributed by atoms with Crippen molar-refractivity contribution < 1.29 is 62.6 Å². The largest absolute Gasteiger partial charge is 0.416 e. The molecule has 2 aliphatic heterocycles. The van der Waals surface area contributed by atoms with Crippen molar-refractivity contribution in [2.45, 2.75) is 49.7 Å². The van der Waals surface area contributed by atoms with Gasteiger partial charge in [-0.05, 0) is 66.7 Å². The average molecular weight is 771 g/mol. The van der Waals surface area contributed by atoms with Gasteiger partial charge in [-0.1, -0.05) is 66.7 Å². The molecule has 6 nitrogen and oxygen atoms in total. The number of nitrogens with zero attached hydrogens (tertiary/aromatic N) is 3. The predicted octanol–water partition coefficient (Wildman–Crippen LogP) is 8.98. The molecular weight excluding hydrogens is 710 g/mol. The second kappa shape index (κ2) is 16.8. The quantitative estimate of drug-likeness (QED) is 0.145. The van der Waals surface area contributed by atoms with Crippen molar-refractivity contribution in [2.24, 2.45) is 0 Å². The molecule has 2 unspecified atom stereocenters. The number of fused-ring (bicyclic) bond motifs is 1. The molecule has 0 radical (unpaired) electrons. The van der Waals surface area contributed by atoms with E-state index >= 15 is 9.18 Å². The molecule has 2 atom stereocenters. The second-order valence-electron chi connectivity index (χ2n) is 11.2. The Bertz CT molecular complexity index is 2720. The Labute approximate surface area is 337 Å². The lowest BCUT2D eigenvalue weighted by atomic mass is 9.96. The van der Waals surface area contributed by atoms with Crippen LogP contribution in [0.4, 0.5) is 27.6 Å². The molecule has 1 amide bonds. The number of thioether (sulfide) groups is 1. The summed E-state index contributed by atoms with van der Waals surface area (Å²) in [6.07, 6.45) is -14.9. The number of rotatable bonds is 12. The van der Waals surface area contributed by atoms with Crippen molar-refractivity contribution in [3.05, 3.63) is 136 Å². The van der Waals surface area contributed by atoms with Gasteiger partial charge >= 0.3 is 6.18 Å². The van der Waals surface area contributed by atoms with Crippen LogP contribution in [0.5, 0.6) is 0 Å². The first-order valence-corrected chi connectivity index (χ1v) is 16.4. The molecule has 2 heterocycles. The maximum absolute atomic E-state index is 15.8. The third kappa shape index (κ3) is 8.95. The first-order valence-electron chi connectivity index (χ1n) is 25.0. The Morgan fingerprint density at radius 2 is 1.74 bits per heavy atom. The number of amides is 1. The van der Waals surface area contributed by atoms with Crippen LogP contribution in [0.2, 0.25) is 0 Å². The highest BCUT2D eigenvalue weighted by atomic mass is 32.2. The van der Waals surface area contributed by atoms with Gasteiger partial charge in [-0.15, -0.1) is 11.8 Å². The van der Waals surface area contributed by atoms with Gasteiger partial charge in [0.1, 0.15) is 12.6 Å². The number of para-hydroxylation sites is 1. The van der Waals surface area contributed by atoms with Crippen LogP contribution >= 0.6 is 11.8 Å². The maximum Gasteiger partial charge on any atom is 0.416 e. The summed E-state index contributed by atoms with van der Waals surface area (Å²) in [6, 6.07) is 7.25. The van der Waals surface area contributed by atoms with E-state index in [1.54, 1.807) is 0 Å². The van der Waals surface area contributed by atoms with Crippen LogP contribution in [0.15, 0.2) is 102 Å². The molecule has 1 fully saturated rings. The third-order valence-corrected chi connectivity index (χ3v) is 8.77. The number of carbonyl (C=O) groups excluding carboxylic acids is 1. The van der Waals surface area contributed by atoms with E-state index in [-0.39, 0.29) is 28.5 Å². The molecule has 1 N–H and O–H groups in total. The summed E-state index contributed by atoms with van der Waals surface area (Å²) in [5.74, 6) is -5.57. The van der Waals surface area contributed by atoms with E-state index in [0.717, 1.165) is 72.8 Å². The van der Waals surface area contributed by atoms with Gasteiger partial charge in [-0.25, -0.2) is 8.78 Å². The Kier molecular flexibility index (Phi) is 6.68. The molecule has 4 aromatic rings. The number of carbonyl (C=O) groups is 1. The van der Waals surface area contributed by atoms with Crippen molar-refractivity contribution >= 4 is 23.4 Å². The molecule has 53 heavy (non-hydrogen) atoms. The average Bonchev–Trinajstić information content (AvgIpc) is 3.25. The molecular formula is C41H42F5N3O3S. The Hall–Kier alpha value is -4.23. The molecule has 4 aromatic carbocycles. The fourth-order valence-corrected chi connectivity index (χ4v) is 6.07. The van der Waals surface area contributed by atoms with Crippen molar-refractivity contribution in [3.63, 3.8) is 0 Å². The first-order chi connectivity index (χ1) is 32.5. The normalized spacial score (nSPS) is 28.7. The predicted molar refractivity (Wildman–Crippen MR) is 198 cm³/mol. The third-order valence-electron chi connectivity index (χ3n) is 7.92. The number of methoxy groups -OCH3 is 1. The van der Waals surface area contributed by atoms with Gasteiger partial charge in [-0.2, -0.15) is 13.2 Å². The number of aliphatic hydroxyl groups excluding tert-OH is 1. The molecule has 1 saturated heterocycles. The lowest BCUT2D eigenvalue weighted by Crippen LogP contribution is -2.51. The highest BCUT2D eigenvalue weighted by Crippen LogP contribution is 2.41. The second-order valence-corrected chi connectivity index (χ2v) is 12.1. The van der Waals surface area contributed by atoms with E-state index in [1.807, 2.05) is 0 Å². The smallest absolute Gasteiger partial charge is 0.384 e. The Morgan fingerprint density at radius 3 is 2.42 bits per heavy atom. The van der Waals surface area contributed by atoms with Gasteiger partial charge in [-0.3, -0.25) is 4.79 Å². The van der Waals surface area contributed by atoms with E-state index in [4.69, 9.17) is 15.1 Å². The Balaban J connectivity index is 1.62. The zero-order valence-corrected chi connectivity index (χ0v) is 28.2. The number of anilines is 1. The van der Waals surface area contributed by atoms with Crippen LogP contribution in [0.25, 0.3) is 11.1 Å². The fraction of sp³-hybridized carbons (Fsp3) is 0.341. The molecule has 0 aliphatic carbocycles. The van der Waals surface area contributed by atoms with E-state index < -0.39 is 137 Å². The first kappa shape index (κ1) is 21.0. The molecule has 0 spiro atoms. The van der Waals surface area contributed by atoms with Crippen LogP contribution in [0.3, 0.4) is 0 Å². The SMILES string of the molecule is [2H]C([2H])([2H])OCC([2H])([2H])N1C([2H])([2H])C([2H])([2H])C([2H])(N(C(=O)C([2H])([2H])N2C(SC([2H])([2H])c3cccc(F)c3F)=CC(O)c3ccccc32)C([2H])(C)c2ccc(-c3ccc(C(F)(F)F)cc3)cc2)C([2H])([2H])C1([2H])[2H]. The van der Waals surface area contributed by atoms with Gasteiger partial charge in [0.05, 0.1) is 32.8 Å². The van der Waals surface area contributed by atoms with Gasteiger partial charge in [0.2, 0.25) is 5.91 Å². The van der Waals surface area contributed by atoms with E-state index in [9.17, 15) is 33.6 Å². The number of likely N-dealkylation sites (tertiary alicyclic amines) is 1. The lowest BCUT2D eigenvalue weighted by molar-refractivity contribution is -0.137. The number of benzene rings is 4. The topological polar surface area (TPSA) is 56.2 Å². The van der Waals surface area contributed by atoms with Crippen molar-refractivity contribution in [1.82, 2.24) is 9.80 Å². The van der Waals surface area contributed by atoms with E-state index in [1.165, 1.54) is 18.2 Å². The number of hydrogen-bond acceptors (Lipinski definition) is 6. The standard InChI is InChI=1S/C41H42F5N3O3S/c1-27(28-10-12-29(13-11-28)30-14-16-32(17-15-30)41(44,45)46)49(33-18-20-47(21-19-33)22-23-52-2)38(51)25-48-36-9-4-3-7-34(36)37(50)24-39(48)53-26-31-6-5-8-35(42)40(31)43/h3-17,24,27,33,37,50H,18-23,25-26H2,1-2H3/i2D3,18D2,19D2,20D2,21D2,22D2,25D2,26D2,27D,33D. The molecule has 0 aromatic heterocycles. The number of ether oxygens (including phenoxy) is 1. The van der Waals surface area contributed by atoms with Gasteiger partial charge < -0.3 is 24.5 Å². The molecule has 280 valence electrons. The summed E-state index contributed by atoms with van der Waals surface area (Å²) < 4.78 is 244. The summed E-state index contributed by atoms with van der Waals surface area (Å²) in [6.45, 7) is -17.9. The summed E-state index contributed by atoms with van der Waals surface area (Å²) >= 11 is -0.103. The lowest BCUT2D eigenvalue weighted by Gasteiger charge is -2.43. The number of hydrogen-bond donors (Lipinski definition) is 1. The van der Waals surface area contributed by atoms with Crippen LogP contribution in [-0.2, 0) is 21.4 Å².